The van der Waals surface area contributed by atoms with Gasteiger partial charge in [-0.15, -0.1) is 0 Å². The van der Waals surface area contributed by atoms with E-state index in [1.54, 1.807) is 0 Å². The molecule has 2 heterocycles. The van der Waals surface area contributed by atoms with Gasteiger partial charge >= 0.3 is 5.95 Å². The van der Waals surface area contributed by atoms with Gasteiger partial charge in [0.25, 0.3) is 0 Å². The molecular formula is C28H35N3O6Si. The standard InChI is InChI=1S/C28H35N3O6Si/c1-26(2,3)24(37-38(22-12-8-6-9-13-22)23-14-10-7-11-15-23)28(19-35-27(4,5)36-20-28)18-30-16-21(17-32)29-25(30)31(33)34/h6-17,24,38H,18-20H2,1-5H3. The normalized spacial score (nSPS) is 17.7. The maximum absolute atomic E-state index is 11.8. The first-order chi connectivity index (χ1) is 17.9. The molecular weight excluding hydrogens is 502 g/mol. The molecule has 1 aromatic heterocycles. The molecule has 1 aliphatic heterocycles. The predicted octanol–water partition coefficient (Wildman–Crippen LogP) is 3.34. The Balaban J connectivity index is 1.82. The second-order valence-corrected chi connectivity index (χ2v) is 13.8. The largest absolute Gasteiger partial charge is 0.435 e. The number of imidazole rings is 1. The van der Waals surface area contributed by atoms with Crippen LogP contribution in [0.15, 0.2) is 66.9 Å². The summed E-state index contributed by atoms with van der Waals surface area (Å²) in [4.78, 5) is 26.6. The van der Waals surface area contributed by atoms with Crippen molar-refractivity contribution in [2.24, 2.45) is 10.8 Å². The number of aldehydes is 1. The summed E-state index contributed by atoms with van der Waals surface area (Å²) < 4.78 is 21.0. The summed E-state index contributed by atoms with van der Waals surface area (Å²) in [6.07, 6.45) is 1.50. The van der Waals surface area contributed by atoms with Gasteiger partial charge in [0.1, 0.15) is 6.20 Å². The Kier molecular flexibility index (Phi) is 7.98. The van der Waals surface area contributed by atoms with E-state index in [9.17, 15) is 14.9 Å². The van der Waals surface area contributed by atoms with Crippen LogP contribution < -0.4 is 10.4 Å². The van der Waals surface area contributed by atoms with Gasteiger partial charge in [-0.2, -0.15) is 0 Å². The number of aromatic nitrogens is 2. The van der Waals surface area contributed by atoms with Crippen LogP contribution in [-0.2, 0) is 20.4 Å². The molecule has 4 rings (SSSR count). The van der Waals surface area contributed by atoms with Gasteiger partial charge in [0.05, 0.1) is 31.3 Å². The zero-order valence-electron chi connectivity index (χ0n) is 22.5. The monoisotopic (exact) mass is 537 g/mol. The minimum Gasteiger partial charge on any atom is -0.407 e. The van der Waals surface area contributed by atoms with Gasteiger partial charge < -0.3 is 24.0 Å². The molecule has 0 saturated carbocycles. The molecule has 2 aromatic carbocycles. The van der Waals surface area contributed by atoms with E-state index in [2.05, 4.69) is 50.0 Å². The van der Waals surface area contributed by atoms with E-state index in [1.165, 1.54) is 10.8 Å². The average molecular weight is 538 g/mol. The van der Waals surface area contributed by atoms with E-state index in [1.807, 2.05) is 50.2 Å². The van der Waals surface area contributed by atoms with Crippen LogP contribution in [0.3, 0.4) is 0 Å². The van der Waals surface area contributed by atoms with E-state index < -0.39 is 42.6 Å². The van der Waals surface area contributed by atoms with Crippen molar-refractivity contribution in [2.45, 2.75) is 53.1 Å². The third kappa shape index (κ3) is 6.10. The van der Waals surface area contributed by atoms with Crippen molar-refractivity contribution < 1.29 is 23.6 Å². The number of benzene rings is 2. The summed E-state index contributed by atoms with van der Waals surface area (Å²) >= 11 is 0. The van der Waals surface area contributed by atoms with Crippen molar-refractivity contribution in [3.8, 4) is 0 Å². The topological polar surface area (TPSA) is 106 Å². The number of ether oxygens (including phenoxy) is 2. The van der Waals surface area contributed by atoms with Crippen molar-refractivity contribution >= 4 is 31.6 Å². The lowest BCUT2D eigenvalue weighted by Crippen LogP contribution is -2.62. The summed E-state index contributed by atoms with van der Waals surface area (Å²) in [5.41, 5.74) is -1.21. The predicted molar refractivity (Wildman–Crippen MR) is 146 cm³/mol. The van der Waals surface area contributed by atoms with Crippen LogP contribution in [0.25, 0.3) is 0 Å². The SMILES string of the molecule is CC1(C)OCC(Cn2cc(C=O)nc2[N+](=O)[O-])(C(O[SiH](c2ccccc2)c2ccccc2)C(C)(C)C)CO1. The second kappa shape index (κ2) is 10.9. The van der Waals surface area contributed by atoms with E-state index in [0.717, 1.165) is 10.4 Å². The maximum atomic E-state index is 11.8. The van der Waals surface area contributed by atoms with E-state index in [0.29, 0.717) is 6.29 Å². The van der Waals surface area contributed by atoms with E-state index in [-0.39, 0.29) is 25.5 Å². The van der Waals surface area contributed by atoms with Crippen LogP contribution in [-0.4, -0.2) is 54.9 Å². The zero-order chi connectivity index (χ0) is 27.6. The quantitative estimate of drug-likeness (QED) is 0.178. The Morgan fingerprint density at radius 1 is 1.08 bits per heavy atom. The molecule has 1 fully saturated rings. The van der Waals surface area contributed by atoms with Crippen molar-refractivity contribution in [1.29, 1.82) is 0 Å². The Labute approximate surface area is 224 Å². The van der Waals surface area contributed by atoms with Gasteiger partial charge in [-0.1, -0.05) is 86.4 Å². The molecule has 0 bridgehead atoms. The molecule has 38 heavy (non-hydrogen) atoms. The number of nitrogens with zero attached hydrogens (tertiary/aromatic N) is 3. The van der Waals surface area contributed by atoms with Crippen LogP contribution in [0.2, 0.25) is 0 Å². The highest BCUT2D eigenvalue weighted by Crippen LogP contribution is 2.43. The second-order valence-electron chi connectivity index (χ2n) is 11.4. The van der Waals surface area contributed by atoms with Crippen LogP contribution in [0.4, 0.5) is 5.95 Å². The molecule has 0 radical (unpaired) electrons. The molecule has 1 atom stereocenters. The Hall–Kier alpha value is -3.18. The Morgan fingerprint density at radius 2 is 1.61 bits per heavy atom. The van der Waals surface area contributed by atoms with Crippen LogP contribution in [0.1, 0.15) is 45.1 Å². The first-order valence-corrected chi connectivity index (χ1v) is 14.3. The fourth-order valence-electron chi connectivity index (χ4n) is 5.14. The summed E-state index contributed by atoms with van der Waals surface area (Å²) in [5, 5.41) is 14.1. The van der Waals surface area contributed by atoms with Gasteiger partial charge in [0.15, 0.2) is 12.1 Å². The van der Waals surface area contributed by atoms with Gasteiger partial charge in [-0.25, -0.2) is 4.57 Å². The van der Waals surface area contributed by atoms with Crippen LogP contribution in [0, 0.1) is 20.9 Å². The van der Waals surface area contributed by atoms with E-state index >= 15 is 0 Å². The first-order valence-electron chi connectivity index (χ1n) is 12.6. The van der Waals surface area contributed by atoms with Crippen LogP contribution >= 0.6 is 0 Å². The summed E-state index contributed by atoms with van der Waals surface area (Å²) in [7, 11) is -2.22. The molecule has 202 valence electrons. The lowest BCUT2D eigenvalue weighted by molar-refractivity contribution is -0.397. The molecule has 9 nitrogen and oxygen atoms in total. The molecule has 1 aliphatic rings. The maximum Gasteiger partial charge on any atom is 0.435 e. The lowest BCUT2D eigenvalue weighted by Gasteiger charge is -2.51. The number of hydrogen-bond acceptors (Lipinski definition) is 7. The molecule has 3 aromatic rings. The van der Waals surface area contributed by atoms with Gasteiger partial charge in [-0.3, -0.25) is 4.79 Å². The number of rotatable bonds is 9. The van der Waals surface area contributed by atoms with Crippen molar-refractivity contribution in [3.63, 3.8) is 0 Å². The molecule has 0 amide bonds. The number of carbonyl (C=O) groups is 1. The molecule has 1 unspecified atom stereocenters. The van der Waals surface area contributed by atoms with Crippen molar-refractivity contribution in [3.05, 3.63) is 82.7 Å². The highest BCUT2D eigenvalue weighted by molar-refractivity contribution is 6.80. The number of carbonyl (C=O) groups excluding carboxylic acids is 1. The molecule has 0 N–H and O–H groups in total. The Morgan fingerprint density at radius 3 is 2.05 bits per heavy atom. The lowest BCUT2D eigenvalue weighted by atomic mass is 9.70. The highest BCUT2D eigenvalue weighted by atomic mass is 28.3. The zero-order valence-corrected chi connectivity index (χ0v) is 23.7. The minimum absolute atomic E-state index is 0.00104. The summed E-state index contributed by atoms with van der Waals surface area (Å²) in [6, 6.07) is 20.3. The molecule has 10 heteroatoms. The molecule has 0 aliphatic carbocycles. The Bertz CT molecular complexity index is 1210. The molecule has 0 spiro atoms. The molecule has 1 saturated heterocycles. The van der Waals surface area contributed by atoms with Crippen molar-refractivity contribution in [1.82, 2.24) is 9.55 Å². The van der Waals surface area contributed by atoms with Gasteiger partial charge in [0, 0.05) is 0 Å². The fourth-order valence-corrected chi connectivity index (χ4v) is 7.95. The van der Waals surface area contributed by atoms with Crippen LogP contribution in [0.5, 0.6) is 0 Å². The van der Waals surface area contributed by atoms with E-state index in [4.69, 9.17) is 13.9 Å². The minimum atomic E-state index is -2.22. The average Bonchev–Trinajstić information content (AvgIpc) is 3.29. The fraction of sp³-hybridized carbons (Fsp3) is 0.429. The third-order valence-corrected chi connectivity index (χ3v) is 9.30. The number of hydrogen-bond donors (Lipinski definition) is 0. The smallest absolute Gasteiger partial charge is 0.407 e. The van der Waals surface area contributed by atoms with Crippen molar-refractivity contribution in [2.75, 3.05) is 13.2 Å². The summed E-state index contributed by atoms with van der Waals surface area (Å²) in [6.45, 7) is 10.6. The third-order valence-electron chi connectivity index (χ3n) is 6.78. The number of nitro groups is 1. The van der Waals surface area contributed by atoms with Gasteiger partial charge in [-0.05, 0) is 34.6 Å². The first kappa shape index (κ1) is 27.8. The summed E-state index contributed by atoms with van der Waals surface area (Å²) in [5.74, 6) is -1.21. The van der Waals surface area contributed by atoms with Gasteiger partial charge in [0.2, 0.25) is 14.7 Å². The highest BCUT2D eigenvalue weighted by Gasteiger charge is 2.53.